The summed E-state index contributed by atoms with van der Waals surface area (Å²) in [6.07, 6.45) is 0. The minimum Gasteiger partial charge on any atom is -0.482 e. The number of amides is 1. The quantitative estimate of drug-likeness (QED) is 0.763. The number of fused-ring (bicyclic) bond motifs is 1. The Kier molecular flexibility index (Phi) is 3.18. The summed E-state index contributed by atoms with van der Waals surface area (Å²) in [7, 11) is 0. The topological polar surface area (TPSA) is 67.6 Å². The number of thioether (sulfide) groups is 1. The third kappa shape index (κ3) is 2.45. The highest BCUT2D eigenvalue weighted by Crippen LogP contribution is 2.38. The van der Waals surface area contributed by atoms with Gasteiger partial charge in [-0.3, -0.25) is 4.79 Å². The van der Waals surface area contributed by atoms with E-state index in [-0.39, 0.29) is 12.5 Å². The van der Waals surface area contributed by atoms with Crippen molar-refractivity contribution in [1.29, 1.82) is 0 Å². The van der Waals surface area contributed by atoms with Gasteiger partial charge in [-0.1, -0.05) is 6.92 Å². The van der Waals surface area contributed by atoms with Gasteiger partial charge in [-0.25, -0.2) is 0 Å². The summed E-state index contributed by atoms with van der Waals surface area (Å²) in [6, 6.07) is 3.72. The van der Waals surface area contributed by atoms with Gasteiger partial charge < -0.3 is 20.7 Å². The second-order valence-electron chi connectivity index (χ2n) is 4.87. The second kappa shape index (κ2) is 4.85. The van der Waals surface area contributed by atoms with Crippen LogP contribution in [0.1, 0.15) is 6.92 Å². The Morgan fingerprint density at radius 1 is 1.53 bits per heavy atom. The fourth-order valence-electron chi connectivity index (χ4n) is 2.44. The highest BCUT2D eigenvalue weighted by atomic mass is 32.2. The summed E-state index contributed by atoms with van der Waals surface area (Å²) in [5.74, 6) is 1.63. The summed E-state index contributed by atoms with van der Waals surface area (Å²) < 4.78 is 5.37. The molecule has 1 atom stereocenters. The number of hydrogen-bond donors (Lipinski definition) is 2. The van der Waals surface area contributed by atoms with Crippen LogP contribution in [-0.4, -0.2) is 36.6 Å². The Hall–Kier alpha value is -1.56. The van der Waals surface area contributed by atoms with E-state index in [4.69, 9.17) is 10.5 Å². The molecule has 102 valence electrons. The maximum atomic E-state index is 11.4. The van der Waals surface area contributed by atoms with E-state index in [0.717, 1.165) is 24.5 Å². The van der Waals surface area contributed by atoms with Crippen LogP contribution < -0.4 is 20.7 Å². The maximum absolute atomic E-state index is 11.4. The molecule has 0 aromatic heterocycles. The van der Waals surface area contributed by atoms with E-state index in [1.54, 1.807) is 6.07 Å². The highest BCUT2D eigenvalue weighted by Gasteiger charge is 2.23. The molecule has 1 aromatic rings. The molecular weight excluding hydrogens is 262 g/mol. The van der Waals surface area contributed by atoms with Crippen molar-refractivity contribution in [2.24, 2.45) is 0 Å². The lowest BCUT2D eigenvalue weighted by molar-refractivity contribution is -0.118. The van der Waals surface area contributed by atoms with E-state index in [9.17, 15) is 4.79 Å². The minimum absolute atomic E-state index is 0.0587. The molecule has 2 heterocycles. The summed E-state index contributed by atoms with van der Waals surface area (Å²) in [5, 5.41) is 3.42. The summed E-state index contributed by atoms with van der Waals surface area (Å²) >= 11 is 1.97. The van der Waals surface area contributed by atoms with Gasteiger partial charge in [0.25, 0.3) is 5.91 Å². The lowest BCUT2D eigenvalue weighted by atomic mass is 10.1. The van der Waals surface area contributed by atoms with Gasteiger partial charge in [-0.15, -0.1) is 0 Å². The summed E-state index contributed by atoms with van der Waals surface area (Å²) in [5.41, 5.74) is 8.51. The predicted molar refractivity (Wildman–Crippen MR) is 79.1 cm³/mol. The molecule has 3 rings (SSSR count). The third-order valence-corrected chi connectivity index (χ3v) is 4.48. The average molecular weight is 279 g/mol. The van der Waals surface area contributed by atoms with E-state index in [2.05, 4.69) is 17.1 Å². The molecule has 2 aliphatic heterocycles. The smallest absolute Gasteiger partial charge is 0.262 e. The lowest BCUT2D eigenvalue weighted by Gasteiger charge is -2.34. The first-order chi connectivity index (χ1) is 9.13. The van der Waals surface area contributed by atoms with Crippen LogP contribution in [-0.2, 0) is 4.79 Å². The van der Waals surface area contributed by atoms with E-state index < -0.39 is 0 Å². The van der Waals surface area contributed by atoms with Gasteiger partial charge in [0.05, 0.1) is 17.1 Å². The molecule has 0 spiro atoms. The SMILES string of the molecule is CC1CN(c2cc3c(cc2N)OCC(=O)N3)CCS1. The second-order valence-corrected chi connectivity index (χ2v) is 6.42. The zero-order chi connectivity index (χ0) is 13.4. The standard InChI is InChI=1S/C13H17N3O2S/c1-8-6-16(2-3-19-8)11-5-10-12(4-9(11)14)18-7-13(17)15-10/h4-5,8H,2-3,6-7,14H2,1H3,(H,15,17). The average Bonchev–Trinajstić information content (AvgIpc) is 2.38. The number of benzene rings is 1. The van der Waals surface area contributed by atoms with Crippen molar-refractivity contribution < 1.29 is 9.53 Å². The maximum Gasteiger partial charge on any atom is 0.262 e. The first kappa shape index (κ1) is 12.5. The van der Waals surface area contributed by atoms with Crippen molar-refractivity contribution in [3.05, 3.63) is 12.1 Å². The zero-order valence-electron chi connectivity index (χ0n) is 10.8. The van der Waals surface area contributed by atoms with E-state index >= 15 is 0 Å². The van der Waals surface area contributed by atoms with Gasteiger partial charge in [0.15, 0.2) is 6.61 Å². The van der Waals surface area contributed by atoms with Crippen LogP contribution in [0, 0.1) is 0 Å². The molecule has 1 amide bonds. The van der Waals surface area contributed by atoms with Crippen LogP contribution >= 0.6 is 11.8 Å². The number of anilines is 3. The van der Waals surface area contributed by atoms with Crippen molar-refractivity contribution in [3.8, 4) is 5.75 Å². The van der Waals surface area contributed by atoms with Crippen molar-refractivity contribution in [2.45, 2.75) is 12.2 Å². The van der Waals surface area contributed by atoms with Gasteiger partial charge in [-0.2, -0.15) is 11.8 Å². The van der Waals surface area contributed by atoms with Crippen LogP contribution in [0.3, 0.4) is 0 Å². The highest BCUT2D eigenvalue weighted by molar-refractivity contribution is 8.00. The van der Waals surface area contributed by atoms with Crippen LogP contribution in [0.5, 0.6) is 5.75 Å². The lowest BCUT2D eigenvalue weighted by Crippen LogP contribution is -2.37. The Morgan fingerprint density at radius 2 is 2.37 bits per heavy atom. The van der Waals surface area contributed by atoms with Gasteiger partial charge in [0.2, 0.25) is 0 Å². The van der Waals surface area contributed by atoms with Crippen LogP contribution in [0.15, 0.2) is 12.1 Å². The summed E-state index contributed by atoms with van der Waals surface area (Å²) in [6.45, 7) is 4.23. The number of nitrogens with one attached hydrogen (secondary N) is 1. The van der Waals surface area contributed by atoms with E-state index in [1.807, 2.05) is 17.8 Å². The predicted octanol–water partition coefficient (Wildman–Crippen LogP) is 1.54. The molecule has 6 heteroatoms. The monoisotopic (exact) mass is 279 g/mol. The molecule has 0 bridgehead atoms. The number of carbonyl (C=O) groups is 1. The molecule has 1 saturated heterocycles. The third-order valence-electron chi connectivity index (χ3n) is 3.34. The number of nitrogens with zero attached hydrogens (tertiary/aromatic N) is 1. The number of hydrogen-bond acceptors (Lipinski definition) is 5. The van der Waals surface area contributed by atoms with E-state index in [1.165, 1.54) is 0 Å². The van der Waals surface area contributed by atoms with Gasteiger partial charge in [0, 0.05) is 30.2 Å². The van der Waals surface area contributed by atoms with Crippen molar-refractivity contribution in [1.82, 2.24) is 0 Å². The molecule has 2 aliphatic rings. The first-order valence-corrected chi connectivity index (χ1v) is 7.41. The molecule has 3 N–H and O–H groups in total. The number of nitrogen functional groups attached to an aromatic ring is 1. The Balaban J connectivity index is 1.93. The minimum atomic E-state index is -0.120. The Bertz CT molecular complexity index is 521. The Morgan fingerprint density at radius 3 is 3.16 bits per heavy atom. The number of carbonyl (C=O) groups excluding carboxylic acids is 1. The number of nitrogens with two attached hydrogens (primary N) is 1. The van der Waals surface area contributed by atoms with Crippen molar-refractivity contribution >= 4 is 34.7 Å². The molecule has 1 aromatic carbocycles. The summed E-state index contributed by atoms with van der Waals surface area (Å²) in [4.78, 5) is 13.6. The fourth-order valence-corrected chi connectivity index (χ4v) is 3.46. The van der Waals surface area contributed by atoms with Gasteiger partial charge in [0.1, 0.15) is 5.75 Å². The molecule has 1 fully saturated rings. The molecule has 0 radical (unpaired) electrons. The molecule has 5 nitrogen and oxygen atoms in total. The van der Waals surface area contributed by atoms with Gasteiger partial charge >= 0.3 is 0 Å². The van der Waals surface area contributed by atoms with Crippen LogP contribution in [0.25, 0.3) is 0 Å². The first-order valence-electron chi connectivity index (χ1n) is 6.36. The van der Waals surface area contributed by atoms with Crippen molar-refractivity contribution in [2.75, 3.05) is 41.4 Å². The Labute approximate surface area is 116 Å². The van der Waals surface area contributed by atoms with Gasteiger partial charge in [-0.05, 0) is 6.07 Å². The molecule has 0 saturated carbocycles. The van der Waals surface area contributed by atoms with Crippen LogP contribution in [0.4, 0.5) is 17.1 Å². The number of ether oxygens (including phenoxy) is 1. The molecule has 0 aliphatic carbocycles. The molecule has 19 heavy (non-hydrogen) atoms. The zero-order valence-corrected chi connectivity index (χ0v) is 11.6. The van der Waals surface area contributed by atoms with E-state index in [0.29, 0.717) is 22.4 Å². The number of rotatable bonds is 1. The van der Waals surface area contributed by atoms with Crippen molar-refractivity contribution in [3.63, 3.8) is 0 Å². The molecule has 1 unspecified atom stereocenters. The largest absolute Gasteiger partial charge is 0.482 e. The molecular formula is C13H17N3O2S. The normalized spacial score (nSPS) is 22.5. The fraction of sp³-hybridized carbons (Fsp3) is 0.462. The van der Waals surface area contributed by atoms with Crippen LogP contribution in [0.2, 0.25) is 0 Å².